The van der Waals surface area contributed by atoms with Crippen LogP contribution in [0.2, 0.25) is 5.02 Å². The van der Waals surface area contributed by atoms with E-state index in [9.17, 15) is 22.4 Å². The van der Waals surface area contributed by atoms with E-state index in [1.54, 1.807) is 0 Å². The number of sulfone groups is 1. The van der Waals surface area contributed by atoms with Gasteiger partial charge in [0.15, 0.2) is 16.4 Å². The lowest BCUT2D eigenvalue weighted by atomic mass is 10.2. The van der Waals surface area contributed by atoms with Crippen LogP contribution in [-0.4, -0.2) is 56.4 Å². The molecule has 0 bridgehead atoms. The van der Waals surface area contributed by atoms with Crippen LogP contribution in [0.15, 0.2) is 18.2 Å². The summed E-state index contributed by atoms with van der Waals surface area (Å²) in [5, 5.41) is 0.136. The number of carbonyl (C=O) groups is 2. The molecule has 1 aromatic carbocycles. The molecule has 0 aromatic heterocycles. The number of benzene rings is 1. The number of nitrogens with zero attached hydrogens (tertiary/aromatic N) is 1. The van der Waals surface area contributed by atoms with Crippen LogP contribution in [0.4, 0.5) is 4.39 Å². The number of rotatable bonds is 4. The summed E-state index contributed by atoms with van der Waals surface area (Å²) in [5.41, 5.74) is -0.326. The van der Waals surface area contributed by atoms with E-state index in [2.05, 4.69) is 0 Å². The van der Waals surface area contributed by atoms with E-state index in [4.69, 9.17) is 16.3 Å². The second kappa shape index (κ2) is 6.84. The minimum atomic E-state index is -3.12. The Morgan fingerprint density at radius 2 is 2.13 bits per heavy atom. The lowest BCUT2D eigenvalue weighted by molar-refractivity contribution is -0.134. The van der Waals surface area contributed by atoms with Gasteiger partial charge in [0, 0.05) is 18.1 Å². The van der Waals surface area contributed by atoms with Crippen molar-refractivity contribution in [2.75, 3.05) is 25.2 Å². The lowest BCUT2D eigenvalue weighted by Gasteiger charge is -2.23. The molecule has 0 N–H and O–H groups in total. The van der Waals surface area contributed by atoms with Crippen LogP contribution in [0.3, 0.4) is 0 Å². The predicted molar refractivity (Wildman–Crippen MR) is 81.5 cm³/mol. The van der Waals surface area contributed by atoms with Crippen LogP contribution in [0, 0.1) is 5.82 Å². The molecule has 0 saturated carbocycles. The van der Waals surface area contributed by atoms with Gasteiger partial charge in [0.25, 0.3) is 5.91 Å². The highest BCUT2D eigenvalue weighted by molar-refractivity contribution is 7.91. The first-order valence-electron chi connectivity index (χ1n) is 6.78. The Morgan fingerprint density at radius 1 is 1.43 bits per heavy atom. The number of likely N-dealkylation sites (N-methyl/N-ethyl adjacent to an activating group) is 1. The zero-order valence-corrected chi connectivity index (χ0v) is 13.9. The summed E-state index contributed by atoms with van der Waals surface area (Å²) in [5.74, 6) is -2.44. The SMILES string of the molecule is CN(C(=O)COC(=O)c1ccc(Cl)cc1F)[C@H]1CCS(=O)(=O)C1. The summed E-state index contributed by atoms with van der Waals surface area (Å²) in [7, 11) is -1.67. The summed E-state index contributed by atoms with van der Waals surface area (Å²) in [6.07, 6.45) is 0.352. The van der Waals surface area contributed by atoms with Crippen LogP contribution >= 0.6 is 11.6 Å². The van der Waals surface area contributed by atoms with E-state index in [-0.39, 0.29) is 22.1 Å². The van der Waals surface area contributed by atoms with Crippen molar-refractivity contribution < 1.29 is 27.1 Å². The Kier molecular flexibility index (Phi) is 5.26. The molecule has 1 heterocycles. The number of amides is 1. The van der Waals surface area contributed by atoms with Crippen molar-refractivity contribution in [2.24, 2.45) is 0 Å². The fourth-order valence-corrected chi connectivity index (χ4v) is 4.18. The van der Waals surface area contributed by atoms with E-state index in [0.29, 0.717) is 6.42 Å². The molecule has 126 valence electrons. The first-order chi connectivity index (χ1) is 10.7. The van der Waals surface area contributed by atoms with Gasteiger partial charge in [0.05, 0.1) is 17.1 Å². The smallest absolute Gasteiger partial charge is 0.341 e. The highest BCUT2D eigenvalue weighted by atomic mass is 35.5. The zero-order valence-electron chi connectivity index (χ0n) is 12.3. The van der Waals surface area contributed by atoms with Gasteiger partial charge in [-0.25, -0.2) is 17.6 Å². The number of ether oxygens (including phenoxy) is 1. The minimum absolute atomic E-state index is 0.0328. The summed E-state index contributed by atoms with van der Waals surface area (Å²) in [4.78, 5) is 25.0. The molecule has 1 atom stereocenters. The van der Waals surface area contributed by atoms with E-state index in [1.807, 2.05) is 0 Å². The Bertz CT molecular complexity index is 737. The lowest BCUT2D eigenvalue weighted by Crippen LogP contribution is -2.40. The third kappa shape index (κ3) is 4.42. The molecule has 1 saturated heterocycles. The normalized spacial score (nSPS) is 19.3. The van der Waals surface area contributed by atoms with Gasteiger partial charge < -0.3 is 9.64 Å². The van der Waals surface area contributed by atoms with Crippen LogP contribution in [0.5, 0.6) is 0 Å². The van der Waals surface area contributed by atoms with E-state index in [1.165, 1.54) is 18.0 Å². The summed E-state index contributed by atoms with van der Waals surface area (Å²) >= 11 is 5.58. The second-order valence-corrected chi connectivity index (χ2v) is 7.93. The molecule has 9 heteroatoms. The second-order valence-electron chi connectivity index (χ2n) is 5.26. The van der Waals surface area contributed by atoms with Crippen molar-refractivity contribution in [3.63, 3.8) is 0 Å². The summed E-state index contributed by atoms with van der Waals surface area (Å²) in [6, 6.07) is 3.03. The quantitative estimate of drug-likeness (QED) is 0.753. The van der Waals surface area contributed by atoms with Crippen molar-refractivity contribution >= 4 is 33.3 Å². The van der Waals surface area contributed by atoms with E-state index < -0.39 is 40.2 Å². The third-order valence-electron chi connectivity index (χ3n) is 3.63. The molecule has 1 aliphatic heterocycles. The molecule has 23 heavy (non-hydrogen) atoms. The fraction of sp³-hybridized carbons (Fsp3) is 0.429. The summed E-state index contributed by atoms with van der Waals surface area (Å²) in [6.45, 7) is -0.589. The van der Waals surface area contributed by atoms with Gasteiger partial charge in [-0.15, -0.1) is 0 Å². The van der Waals surface area contributed by atoms with Gasteiger partial charge in [-0.2, -0.15) is 0 Å². The number of esters is 1. The largest absolute Gasteiger partial charge is 0.452 e. The van der Waals surface area contributed by atoms with Gasteiger partial charge in [-0.3, -0.25) is 4.79 Å². The summed E-state index contributed by atoms with van der Waals surface area (Å²) < 4.78 is 41.2. The molecule has 0 radical (unpaired) electrons. The predicted octanol–water partition coefficient (Wildman–Crippen LogP) is 1.28. The van der Waals surface area contributed by atoms with Gasteiger partial charge >= 0.3 is 5.97 Å². The first-order valence-corrected chi connectivity index (χ1v) is 8.98. The van der Waals surface area contributed by atoms with Gasteiger partial charge in [0.2, 0.25) is 0 Å². The highest BCUT2D eigenvalue weighted by Crippen LogP contribution is 2.17. The van der Waals surface area contributed by atoms with Crippen molar-refractivity contribution in [3.05, 3.63) is 34.6 Å². The maximum absolute atomic E-state index is 13.6. The Hall–Kier alpha value is -1.67. The van der Waals surface area contributed by atoms with Crippen LogP contribution in [0.25, 0.3) is 0 Å². The molecule has 6 nitrogen and oxygen atoms in total. The zero-order chi connectivity index (χ0) is 17.2. The van der Waals surface area contributed by atoms with Gasteiger partial charge in [-0.1, -0.05) is 11.6 Å². The number of hydrogen-bond donors (Lipinski definition) is 0. The average Bonchev–Trinajstić information content (AvgIpc) is 2.83. The highest BCUT2D eigenvalue weighted by Gasteiger charge is 2.33. The molecule has 0 unspecified atom stereocenters. The molecule has 1 fully saturated rings. The van der Waals surface area contributed by atoms with Gasteiger partial charge in [0.1, 0.15) is 5.82 Å². The maximum Gasteiger partial charge on any atom is 0.341 e. The number of hydrogen-bond acceptors (Lipinski definition) is 5. The van der Waals surface area contributed by atoms with Crippen molar-refractivity contribution in [3.8, 4) is 0 Å². The number of carbonyl (C=O) groups excluding carboxylic acids is 2. The topological polar surface area (TPSA) is 80.8 Å². The molecule has 0 spiro atoms. The molecule has 2 rings (SSSR count). The Morgan fingerprint density at radius 3 is 2.70 bits per heavy atom. The average molecular weight is 364 g/mol. The molecule has 1 amide bonds. The molecule has 0 aliphatic carbocycles. The number of halogens is 2. The van der Waals surface area contributed by atoms with Crippen molar-refractivity contribution in [1.82, 2.24) is 4.90 Å². The van der Waals surface area contributed by atoms with Crippen molar-refractivity contribution in [1.29, 1.82) is 0 Å². The maximum atomic E-state index is 13.6. The monoisotopic (exact) mass is 363 g/mol. The van der Waals surface area contributed by atoms with Crippen LogP contribution in [-0.2, 0) is 19.4 Å². The van der Waals surface area contributed by atoms with Crippen molar-refractivity contribution in [2.45, 2.75) is 12.5 Å². The van der Waals surface area contributed by atoms with E-state index in [0.717, 1.165) is 12.1 Å². The first kappa shape index (κ1) is 17.7. The Labute approximate surface area is 138 Å². The molecule has 1 aromatic rings. The fourth-order valence-electron chi connectivity index (χ4n) is 2.25. The minimum Gasteiger partial charge on any atom is -0.452 e. The Balaban J connectivity index is 1.92. The van der Waals surface area contributed by atoms with Crippen LogP contribution < -0.4 is 0 Å². The molecular weight excluding hydrogens is 349 g/mol. The van der Waals surface area contributed by atoms with Gasteiger partial charge in [-0.05, 0) is 24.6 Å². The third-order valence-corrected chi connectivity index (χ3v) is 5.61. The van der Waals surface area contributed by atoms with Crippen LogP contribution in [0.1, 0.15) is 16.8 Å². The standard InChI is InChI=1S/C14H15ClFNO5S/c1-17(10-4-5-23(20,21)8-10)13(18)7-22-14(19)11-3-2-9(15)6-12(11)16/h2-3,6,10H,4-5,7-8H2,1H3/t10-/m0/s1. The molecular formula is C14H15ClFNO5S. The molecule has 1 aliphatic rings. The van der Waals surface area contributed by atoms with E-state index >= 15 is 0 Å².